The summed E-state index contributed by atoms with van der Waals surface area (Å²) in [5.41, 5.74) is 3.97. The van der Waals surface area contributed by atoms with Crippen LogP contribution < -0.4 is 14.8 Å². The Morgan fingerprint density at radius 1 is 0.889 bits per heavy atom. The lowest BCUT2D eigenvalue weighted by Crippen LogP contribution is -2.11. The molecular formula is C20H22N2O4S. The van der Waals surface area contributed by atoms with Crippen LogP contribution in [-0.2, 0) is 10.0 Å². The number of methoxy groups -OCH3 is 2. The fourth-order valence-corrected chi connectivity index (χ4v) is 4.34. The fourth-order valence-electron chi connectivity index (χ4n) is 2.92. The van der Waals surface area contributed by atoms with Gasteiger partial charge in [-0.3, -0.25) is 0 Å². The van der Waals surface area contributed by atoms with Gasteiger partial charge in [-0.25, -0.2) is 0 Å². The molecule has 2 aromatic carbocycles. The molecule has 0 bridgehead atoms. The summed E-state index contributed by atoms with van der Waals surface area (Å²) < 4.78 is 39.8. The summed E-state index contributed by atoms with van der Waals surface area (Å²) in [5, 5.41) is 3.07. The van der Waals surface area contributed by atoms with E-state index in [0.29, 0.717) is 34.2 Å². The number of ether oxygens (including phenoxy) is 2. The van der Waals surface area contributed by atoms with E-state index < -0.39 is 10.0 Å². The van der Waals surface area contributed by atoms with Crippen molar-refractivity contribution in [1.29, 1.82) is 0 Å². The van der Waals surface area contributed by atoms with Gasteiger partial charge in [0.05, 0.1) is 14.2 Å². The van der Waals surface area contributed by atoms with E-state index in [1.807, 2.05) is 32.0 Å². The molecule has 0 saturated carbocycles. The first kappa shape index (κ1) is 19.0. The molecule has 0 atom stereocenters. The van der Waals surface area contributed by atoms with E-state index in [4.69, 9.17) is 9.47 Å². The van der Waals surface area contributed by atoms with Crippen molar-refractivity contribution >= 4 is 26.5 Å². The molecular weight excluding hydrogens is 364 g/mol. The molecule has 2 aromatic rings. The Hall–Kier alpha value is -2.80. The van der Waals surface area contributed by atoms with Crippen molar-refractivity contribution in [2.45, 2.75) is 20.8 Å². The number of anilines is 1. The summed E-state index contributed by atoms with van der Waals surface area (Å²) >= 11 is 0. The second-order valence-corrected chi connectivity index (χ2v) is 7.94. The first-order chi connectivity index (χ1) is 12.7. The second-order valence-electron chi connectivity index (χ2n) is 6.39. The first-order valence-corrected chi connectivity index (χ1v) is 9.83. The lowest BCUT2D eigenvalue weighted by atomic mass is 10.0. The minimum atomic E-state index is -3.78. The average Bonchev–Trinajstić information content (AvgIpc) is 2.85. The van der Waals surface area contributed by atoms with Gasteiger partial charge >= 0.3 is 0 Å². The quantitative estimate of drug-likeness (QED) is 0.862. The molecule has 0 spiro atoms. The van der Waals surface area contributed by atoms with E-state index >= 15 is 0 Å². The standard InChI is InChI=1S/C20H22N2O4S/c1-12-6-7-15(8-13(12)2)19-14(3)20(22-27(19,23)24)21-16-9-17(25-4)11-18(10-16)26-5/h6-11H,1-5H3,(H,21,22). The van der Waals surface area contributed by atoms with Crippen molar-refractivity contribution in [2.24, 2.45) is 4.40 Å². The van der Waals surface area contributed by atoms with Crippen LogP contribution >= 0.6 is 0 Å². The zero-order valence-corrected chi connectivity index (χ0v) is 16.8. The number of hydrogen-bond acceptors (Lipinski definition) is 5. The Kier molecular flexibility index (Phi) is 4.97. The number of hydrogen-bond donors (Lipinski definition) is 1. The van der Waals surface area contributed by atoms with Crippen LogP contribution in [0.25, 0.3) is 4.91 Å². The predicted octanol–water partition coefficient (Wildman–Crippen LogP) is 3.91. The number of nitrogens with one attached hydrogen (secondary N) is 1. The minimum absolute atomic E-state index is 0.225. The third kappa shape index (κ3) is 3.68. The lowest BCUT2D eigenvalue weighted by molar-refractivity contribution is 0.395. The van der Waals surface area contributed by atoms with Gasteiger partial charge in [0.15, 0.2) is 0 Å². The maximum atomic E-state index is 12.7. The molecule has 142 valence electrons. The van der Waals surface area contributed by atoms with Gasteiger partial charge in [0.1, 0.15) is 22.2 Å². The van der Waals surface area contributed by atoms with Crippen molar-refractivity contribution in [3.05, 3.63) is 58.7 Å². The number of rotatable bonds is 4. The molecule has 27 heavy (non-hydrogen) atoms. The molecule has 0 radical (unpaired) electrons. The highest BCUT2D eigenvalue weighted by molar-refractivity contribution is 8.00. The number of aryl methyl sites for hydroxylation is 2. The van der Waals surface area contributed by atoms with E-state index in [9.17, 15) is 8.42 Å². The van der Waals surface area contributed by atoms with Crippen molar-refractivity contribution in [3.8, 4) is 11.5 Å². The smallest absolute Gasteiger partial charge is 0.285 e. The zero-order chi connectivity index (χ0) is 19.8. The number of nitrogens with zero attached hydrogens (tertiary/aromatic N) is 1. The Bertz CT molecular complexity index is 1050. The van der Waals surface area contributed by atoms with Crippen LogP contribution in [0.5, 0.6) is 11.5 Å². The monoisotopic (exact) mass is 386 g/mol. The molecule has 0 unspecified atom stereocenters. The zero-order valence-electron chi connectivity index (χ0n) is 16.0. The van der Waals surface area contributed by atoms with E-state index in [2.05, 4.69) is 9.71 Å². The summed E-state index contributed by atoms with van der Waals surface area (Å²) in [5.74, 6) is 1.47. The van der Waals surface area contributed by atoms with Gasteiger partial charge in [0.2, 0.25) is 0 Å². The van der Waals surface area contributed by atoms with Crippen molar-refractivity contribution in [2.75, 3.05) is 19.5 Å². The topological polar surface area (TPSA) is 77.0 Å². The Morgan fingerprint density at radius 2 is 1.52 bits per heavy atom. The average molecular weight is 386 g/mol. The molecule has 3 rings (SSSR count). The van der Waals surface area contributed by atoms with Crippen LogP contribution in [0.4, 0.5) is 5.69 Å². The first-order valence-electron chi connectivity index (χ1n) is 8.39. The van der Waals surface area contributed by atoms with Crippen LogP contribution in [0.1, 0.15) is 23.6 Å². The van der Waals surface area contributed by atoms with E-state index in [0.717, 1.165) is 11.1 Å². The van der Waals surface area contributed by atoms with E-state index in [1.54, 1.807) is 39.3 Å². The normalized spacial score (nSPS) is 15.5. The van der Waals surface area contributed by atoms with Crippen LogP contribution in [0.15, 0.2) is 46.4 Å². The maximum absolute atomic E-state index is 12.7. The van der Waals surface area contributed by atoms with Crippen LogP contribution in [-0.4, -0.2) is 28.5 Å². The Morgan fingerprint density at radius 3 is 2.07 bits per heavy atom. The number of benzene rings is 2. The highest BCUT2D eigenvalue weighted by Crippen LogP contribution is 2.34. The summed E-state index contributed by atoms with van der Waals surface area (Å²) in [7, 11) is -0.668. The third-order valence-corrected chi connectivity index (χ3v) is 6.03. The predicted molar refractivity (Wildman–Crippen MR) is 108 cm³/mol. The van der Waals surface area contributed by atoms with Gasteiger partial charge in [0.25, 0.3) is 10.0 Å². The van der Waals surface area contributed by atoms with Crippen molar-refractivity contribution < 1.29 is 17.9 Å². The van der Waals surface area contributed by atoms with Crippen molar-refractivity contribution in [1.82, 2.24) is 0 Å². The van der Waals surface area contributed by atoms with Crippen LogP contribution in [0.3, 0.4) is 0 Å². The van der Waals surface area contributed by atoms with Gasteiger partial charge in [-0.05, 0) is 37.5 Å². The summed E-state index contributed by atoms with van der Waals surface area (Å²) in [6.07, 6.45) is 0. The molecule has 1 aliphatic heterocycles. The third-order valence-electron chi connectivity index (χ3n) is 4.55. The largest absolute Gasteiger partial charge is 0.497 e. The van der Waals surface area contributed by atoms with E-state index in [1.165, 1.54) is 0 Å². The molecule has 0 amide bonds. The molecule has 7 heteroatoms. The molecule has 0 aliphatic carbocycles. The second kappa shape index (κ2) is 7.08. The van der Waals surface area contributed by atoms with Crippen LogP contribution in [0.2, 0.25) is 0 Å². The van der Waals surface area contributed by atoms with Gasteiger partial charge in [-0.2, -0.15) is 8.42 Å². The summed E-state index contributed by atoms with van der Waals surface area (Å²) in [6.45, 7) is 5.69. The van der Waals surface area contributed by atoms with Crippen LogP contribution in [0, 0.1) is 13.8 Å². The SMILES string of the molecule is COc1cc(NC2=NS(=O)(=O)C(c3ccc(C)c(C)c3)=C2C)cc(OC)c1. The van der Waals surface area contributed by atoms with Gasteiger partial charge in [-0.15, -0.1) is 4.40 Å². The Balaban J connectivity index is 2.02. The van der Waals surface area contributed by atoms with Gasteiger partial charge < -0.3 is 14.8 Å². The molecule has 0 saturated heterocycles. The molecule has 0 aromatic heterocycles. The molecule has 1 aliphatic rings. The van der Waals surface area contributed by atoms with Gasteiger partial charge in [-0.1, -0.05) is 18.2 Å². The van der Waals surface area contributed by atoms with Crippen molar-refractivity contribution in [3.63, 3.8) is 0 Å². The van der Waals surface area contributed by atoms with E-state index in [-0.39, 0.29) is 4.91 Å². The maximum Gasteiger partial charge on any atom is 0.285 e. The highest BCUT2D eigenvalue weighted by Gasteiger charge is 2.31. The number of amidine groups is 1. The summed E-state index contributed by atoms with van der Waals surface area (Å²) in [6, 6.07) is 10.8. The van der Waals surface area contributed by atoms with Gasteiger partial charge in [0, 0.05) is 29.5 Å². The molecule has 1 heterocycles. The Labute approximate surface area is 159 Å². The summed E-state index contributed by atoms with van der Waals surface area (Å²) in [4.78, 5) is 0.225. The molecule has 1 N–H and O–H groups in total. The molecule has 6 nitrogen and oxygen atoms in total. The highest BCUT2D eigenvalue weighted by atomic mass is 32.2. The minimum Gasteiger partial charge on any atom is -0.497 e. The number of sulfonamides is 1. The lowest BCUT2D eigenvalue weighted by Gasteiger charge is -2.11. The fraction of sp³-hybridized carbons (Fsp3) is 0.250. The molecule has 0 fully saturated rings.